The fraction of sp³-hybridized carbons (Fsp3) is 0.111. The average Bonchev–Trinajstić information content (AvgIpc) is 2.15. The third-order valence-corrected chi connectivity index (χ3v) is 1.52. The van der Waals surface area contributed by atoms with E-state index < -0.39 is 11.8 Å². The molecule has 4 N–H and O–H groups in total. The fourth-order valence-corrected chi connectivity index (χ4v) is 0.945. The van der Waals surface area contributed by atoms with Crippen LogP contribution in [0.1, 0.15) is 10.4 Å². The Bertz CT molecular complexity index is 363. The Kier molecular flexibility index (Phi) is 3.06. The van der Waals surface area contributed by atoms with Gasteiger partial charge >= 0.3 is 0 Å². The summed E-state index contributed by atoms with van der Waals surface area (Å²) in [5.41, 5.74) is 10.2. The van der Waals surface area contributed by atoms with Crippen LogP contribution in [-0.2, 0) is 4.79 Å². The first kappa shape index (κ1) is 10.0. The number of primary amides is 2. The summed E-state index contributed by atoms with van der Waals surface area (Å²) < 4.78 is 4.98. The smallest absolute Gasteiger partial charge is 0.255 e. The molecule has 0 aliphatic rings. The normalized spacial score (nSPS) is 9.43. The van der Waals surface area contributed by atoms with Crippen molar-refractivity contribution in [2.75, 3.05) is 6.61 Å². The minimum Gasteiger partial charge on any atom is -0.483 e. The molecule has 0 fully saturated rings. The first-order valence-corrected chi connectivity index (χ1v) is 3.91. The van der Waals surface area contributed by atoms with E-state index in [2.05, 4.69) is 0 Å². The maximum Gasteiger partial charge on any atom is 0.255 e. The highest BCUT2D eigenvalue weighted by atomic mass is 16.5. The second kappa shape index (κ2) is 4.27. The first-order chi connectivity index (χ1) is 6.61. The van der Waals surface area contributed by atoms with Crippen LogP contribution in [0.25, 0.3) is 0 Å². The van der Waals surface area contributed by atoms with Crippen LogP contribution in [0.3, 0.4) is 0 Å². The molecule has 0 bridgehead atoms. The Morgan fingerprint density at radius 1 is 1.21 bits per heavy atom. The molecule has 1 aromatic carbocycles. The third kappa shape index (κ3) is 2.48. The second-order valence-corrected chi connectivity index (χ2v) is 2.62. The SMILES string of the molecule is NC(=O)COc1ccccc1C(N)=O. The molecule has 0 atom stereocenters. The van der Waals surface area contributed by atoms with Gasteiger partial charge in [-0.15, -0.1) is 0 Å². The van der Waals surface area contributed by atoms with Gasteiger partial charge in [-0.25, -0.2) is 0 Å². The fourth-order valence-electron chi connectivity index (χ4n) is 0.945. The average molecular weight is 194 g/mol. The van der Waals surface area contributed by atoms with E-state index in [0.29, 0.717) is 0 Å². The van der Waals surface area contributed by atoms with Crippen molar-refractivity contribution in [3.63, 3.8) is 0 Å². The lowest BCUT2D eigenvalue weighted by Crippen LogP contribution is -2.21. The van der Waals surface area contributed by atoms with Crippen LogP contribution < -0.4 is 16.2 Å². The highest BCUT2D eigenvalue weighted by Gasteiger charge is 2.08. The molecular weight excluding hydrogens is 184 g/mol. The number of ether oxygens (including phenoxy) is 1. The van der Waals surface area contributed by atoms with E-state index in [-0.39, 0.29) is 17.9 Å². The molecule has 1 rings (SSSR count). The molecule has 0 unspecified atom stereocenters. The number of carbonyl (C=O) groups is 2. The van der Waals surface area contributed by atoms with Crippen LogP contribution >= 0.6 is 0 Å². The molecule has 0 saturated heterocycles. The Hall–Kier alpha value is -2.04. The van der Waals surface area contributed by atoms with E-state index in [1.807, 2.05) is 0 Å². The molecule has 0 radical (unpaired) electrons. The van der Waals surface area contributed by atoms with Crippen molar-refractivity contribution in [2.45, 2.75) is 0 Å². The van der Waals surface area contributed by atoms with Gasteiger partial charge in [-0.1, -0.05) is 12.1 Å². The zero-order valence-electron chi connectivity index (χ0n) is 7.40. The number of rotatable bonds is 4. The predicted molar refractivity (Wildman–Crippen MR) is 49.6 cm³/mol. The molecule has 0 aromatic heterocycles. The summed E-state index contributed by atoms with van der Waals surface area (Å²) in [6, 6.07) is 6.38. The Balaban J connectivity index is 2.84. The van der Waals surface area contributed by atoms with Gasteiger partial charge in [0.05, 0.1) is 5.56 Å². The van der Waals surface area contributed by atoms with Gasteiger partial charge in [0.1, 0.15) is 5.75 Å². The highest BCUT2D eigenvalue weighted by Crippen LogP contribution is 2.16. The Labute approximate surface area is 80.6 Å². The lowest BCUT2D eigenvalue weighted by molar-refractivity contribution is -0.119. The monoisotopic (exact) mass is 194 g/mol. The first-order valence-electron chi connectivity index (χ1n) is 3.91. The number of carbonyl (C=O) groups excluding carboxylic acids is 2. The molecule has 0 aliphatic heterocycles. The quantitative estimate of drug-likeness (QED) is 0.685. The van der Waals surface area contributed by atoms with Gasteiger partial charge in [0.2, 0.25) is 0 Å². The van der Waals surface area contributed by atoms with Gasteiger partial charge in [-0.2, -0.15) is 0 Å². The van der Waals surface area contributed by atoms with E-state index in [1.165, 1.54) is 6.07 Å². The van der Waals surface area contributed by atoms with Crippen LogP contribution in [0, 0.1) is 0 Å². The highest BCUT2D eigenvalue weighted by molar-refractivity contribution is 5.95. The van der Waals surface area contributed by atoms with Gasteiger partial charge in [-0.3, -0.25) is 9.59 Å². The van der Waals surface area contributed by atoms with Gasteiger partial charge in [0, 0.05) is 0 Å². The summed E-state index contributed by atoms with van der Waals surface area (Å²) >= 11 is 0. The summed E-state index contributed by atoms with van der Waals surface area (Å²) in [6.07, 6.45) is 0. The van der Waals surface area contributed by atoms with E-state index in [0.717, 1.165) is 0 Å². The van der Waals surface area contributed by atoms with Crippen LogP contribution in [-0.4, -0.2) is 18.4 Å². The predicted octanol–water partition coefficient (Wildman–Crippen LogP) is -0.350. The van der Waals surface area contributed by atoms with Crippen LogP contribution in [0.5, 0.6) is 5.75 Å². The van der Waals surface area contributed by atoms with Crippen molar-refractivity contribution < 1.29 is 14.3 Å². The van der Waals surface area contributed by atoms with Crippen molar-refractivity contribution in [2.24, 2.45) is 11.5 Å². The summed E-state index contributed by atoms with van der Waals surface area (Å²) in [4.78, 5) is 21.3. The van der Waals surface area contributed by atoms with Crippen molar-refractivity contribution in [3.8, 4) is 5.75 Å². The van der Waals surface area contributed by atoms with Crippen molar-refractivity contribution in [1.29, 1.82) is 0 Å². The number of para-hydroxylation sites is 1. The van der Waals surface area contributed by atoms with Gasteiger partial charge in [0.25, 0.3) is 11.8 Å². The summed E-state index contributed by atoms with van der Waals surface area (Å²) in [5, 5.41) is 0. The second-order valence-electron chi connectivity index (χ2n) is 2.62. The van der Waals surface area contributed by atoms with Gasteiger partial charge in [0.15, 0.2) is 6.61 Å². The van der Waals surface area contributed by atoms with Crippen LogP contribution in [0.15, 0.2) is 24.3 Å². The van der Waals surface area contributed by atoms with E-state index in [9.17, 15) is 9.59 Å². The summed E-state index contributed by atoms with van der Waals surface area (Å²) in [6.45, 7) is -0.274. The van der Waals surface area contributed by atoms with E-state index in [1.54, 1.807) is 18.2 Å². The minimum absolute atomic E-state index is 0.230. The number of benzene rings is 1. The lowest BCUT2D eigenvalue weighted by atomic mass is 10.2. The maximum absolute atomic E-state index is 10.9. The Morgan fingerprint density at radius 2 is 1.86 bits per heavy atom. The molecule has 0 heterocycles. The molecule has 1 aromatic rings. The zero-order valence-corrected chi connectivity index (χ0v) is 7.40. The third-order valence-electron chi connectivity index (χ3n) is 1.52. The molecular formula is C9H10N2O3. The molecule has 5 nitrogen and oxygen atoms in total. The standard InChI is InChI=1S/C9H10N2O3/c10-8(12)5-14-7-4-2-1-3-6(7)9(11)13/h1-4H,5H2,(H2,10,12)(H2,11,13). The minimum atomic E-state index is -0.607. The summed E-state index contributed by atoms with van der Waals surface area (Å²) in [5.74, 6) is -0.951. The van der Waals surface area contributed by atoms with E-state index >= 15 is 0 Å². The Morgan fingerprint density at radius 3 is 2.43 bits per heavy atom. The van der Waals surface area contributed by atoms with Crippen molar-refractivity contribution >= 4 is 11.8 Å². The molecule has 2 amide bonds. The van der Waals surface area contributed by atoms with Crippen molar-refractivity contribution in [3.05, 3.63) is 29.8 Å². The molecule has 14 heavy (non-hydrogen) atoms. The molecule has 0 saturated carbocycles. The molecule has 74 valence electrons. The van der Waals surface area contributed by atoms with Gasteiger partial charge in [-0.05, 0) is 12.1 Å². The zero-order chi connectivity index (χ0) is 10.6. The van der Waals surface area contributed by atoms with E-state index in [4.69, 9.17) is 16.2 Å². The number of amides is 2. The van der Waals surface area contributed by atoms with Gasteiger partial charge < -0.3 is 16.2 Å². The maximum atomic E-state index is 10.9. The van der Waals surface area contributed by atoms with Crippen molar-refractivity contribution in [1.82, 2.24) is 0 Å². The number of nitrogens with two attached hydrogens (primary N) is 2. The lowest BCUT2D eigenvalue weighted by Gasteiger charge is -2.06. The summed E-state index contributed by atoms with van der Waals surface area (Å²) in [7, 11) is 0. The number of hydrogen-bond acceptors (Lipinski definition) is 3. The van der Waals surface area contributed by atoms with Crippen LogP contribution in [0.4, 0.5) is 0 Å². The largest absolute Gasteiger partial charge is 0.483 e. The topological polar surface area (TPSA) is 95.4 Å². The number of hydrogen-bond donors (Lipinski definition) is 2. The molecule has 0 spiro atoms. The molecule has 0 aliphatic carbocycles. The molecule has 5 heteroatoms. The van der Waals surface area contributed by atoms with Crippen LogP contribution in [0.2, 0.25) is 0 Å².